The van der Waals surface area contributed by atoms with Gasteiger partial charge in [-0.3, -0.25) is 4.99 Å². The summed E-state index contributed by atoms with van der Waals surface area (Å²) >= 11 is 1.82. The number of ether oxygens (including phenoxy) is 1. The van der Waals surface area contributed by atoms with Gasteiger partial charge in [-0.25, -0.2) is 0 Å². The number of aryl methyl sites for hydroxylation is 1. The molecule has 2 rings (SSSR count). The number of hydrogen-bond acceptors (Lipinski definition) is 4. The monoisotopic (exact) mass is 375 g/mol. The van der Waals surface area contributed by atoms with E-state index in [1.165, 1.54) is 9.75 Å². The maximum Gasteiger partial charge on any atom is 0.191 e. The summed E-state index contributed by atoms with van der Waals surface area (Å²) in [4.78, 5) is 7.22. The van der Waals surface area contributed by atoms with Crippen LogP contribution in [0.3, 0.4) is 0 Å². The molecule has 142 valence electrons. The van der Waals surface area contributed by atoms with E-state index in [0.29, 0.717) is 0 Å². The van der Waals surface area contributed by atoms with Gasteiger partial charge in [0.1, 0.15) is 5.75 Å². The van der Waals surface area contributed by atoms with Crippen molar-refractivity contribution in [3.63, 3.8) is 0 Å². The van der Waals surface area contributed by atoms with Gasteiger partial charge in [-0.15, -0.1) is 11.3 Å². The number of benzene rings is 1. The minimum atomic E-state index is -0.671. The molecule has 0 aliphatic carbocycles. The highest BCUT2D eigenvalue weighted by molar-refractivity contribution is 7.11. The molecule has 0 fully saturated rings. The van der Waals surface area contributed by atoms with Crippen LogP contribution in [0, 0.1) is 6.92 Å². The molecule has 0 spiro atoms. The summed E-state index contributed by atoms with van der Waals surface area (Å²) < 4.78 is 5.21. The van der Waals surface area contributed by atoms with Gasteiger partial charge in [0, 0.05) is 28.8 Å². The maximum absolute atomic E-state index is 10.4. The lowest BCUT2D eigenvalue weighted by atomic mass is 10.1. The fourth-order valence-electron chi connectivity index (χ4n) is 2.63. The third kappa shape index (κ3) is 6.35. The number of rotatable bonds is 8. The van der Waals surface area contributed by atoms with E-state index in [1.807, 2.05) is 42.5 Å². The van der Waals surface area contributed by atoms with Crippen molar-refractivity contribution >= 4 is 17.3 Å². The molecule has 0 saturated carbocycles. The molecule has 1 aromatic heterocycles. The van der Waals surface area contributed by atoms with Crippen LogP contribution in [0.5, 0.6) is 5.75 Å². The van der Waals surface area contributed by atoms with Crippen LogP contribution in [0.2, 0.25) is 0 Å². The Kier molecular flexibility index (Phi) is 7.94. The molecule has 0 amide bonds. The maximum atomic E-state index is 10.4. The third-order valence-electron chi connectivity index (χ3n) is 3.93. The predicted molar refractivity (Wildman–Crippen MR) is 109 cm³/mol. The number of aliphatic hydroxyl groups is 1. The van der Waals surface area contributed by atoms with Gasteiger partial charge >= 0.3 is 0 Å². The van der Waals surface area contributed by atoms with E-state index in [9.17, 15) is 5.11 Å². The molecule has 0 aliphatic heterocycles. The number of aliphatic hydroxyl groups excluding tert-OH is 1. The Labute approximate surface area is 160 Å². The van der Waals surface area contributed by atoms with E-state index in [4.69, 9.17) is 4.74 Å². The van der Waals surface area contributed by atoms with Gasteiger partial charge < -0.3 is 20.5 Å². The van der Waals surface area contributed by atoms with Crippen LogP contribution in [0.4, 0.5) is 0 Å². The largest absolute Gasteiger partial charge is 0.497 e. The zero-order valence-electron chi connectivity index (χ0n) is 16.0. The lowest BCUT2D eigenvalue weighted by Gasteiger charge is -2.18. The standard InChI is InChI=1S/C20H29N3O2S/c1-5-21-20(23-14(2)11-18-10-9-15(3)26-18)22-13-19(24)16-7-6-8-17(12-16)25-4/h6-10,12,14,19,24H,5,11,13H2,1-4H3,(H2,21,22,23). The molecule has 2 aromatic rings. The summed E-state index contributed by atoms with van der Waals surface area (Å²) in [6.07, 6.45) is 0.275. The second kappa shape index (κ2) is 10.2. The molecule has 0 radical (unpaired) electrons. The summed E-state index contributed by atoms with van der Waals surface area (Å²) in [6.45, 7) is 7.35. The average molecular weight is 376 g/mol. The highest BCUT2D eigenvalue weighted by atomic mass is 32.1. The van der Waals surface area contributed by atoms with E-state index < -0.39 is 6.10 Å². The fourth-order valence-corrected chi connectivity index (χ4v) is 3.65. The highest BCUT2D eigenvalue weighted by Crippen LogP contribution is 2.19. The first kappa shape index (κ1) is 20.3. The van der Waals surface area contributed by atoms with Crippen molar-refractivity contribution in [2.24, 2.45) is 4.99 Å². The van der Waals surface area contributed by atoms with Crippen molar-refractivity contribution in [1.82, 2.24) is 10.6 Å². The van der Waals surface area contributed by atoms with Crippen LogP contribution in [-0.4, -0.2) is 37.3 Å². The van der Waals surface area contributed by atoms with Gasteiger partial charge in [0.05, 0.1) is 19.8 Å². The molecule has 5 nitrogen and oxygen atoms in total. The van der Waals surface area contributed by atoms with Crippen LogP contribution in [0.25, 0.3) is 0 Å². The van der Waals surface area contributed by atoms with E-state index in [0.717, 1.165) is 30.2 Å². The van der Waals surface area contributed by atoms with Crippen LogP contribution < -0.4 is 15.4 Å². The van der Waals surface area contributed by atoms with Gasteiger partial charge in [-0.05, 0) is 50.6 Å². The minimum absolute atomic E-state index is 0.250. The zero-order valence-corrected chi connectivity index (χ0v) is 16.8. The second-order valence-corrected chi connectivity index (χ2v) is 7.65. The first-order chi connectivity index (χ1) is 12.5. The van der Waals surface area contributed by atoms with Crippen LogP contribution in [-0.2, 0) is 6.42 Å². The van der Waals surface area contributed by atoms with Crippen molar-refractivity contribution < 1.29 is 9.84 Å². The van der Waals surface area contributed by atoms with Crippen LogP contribution in [0.1, 0.15) is 35.3 Å². The van der Waals surface area contributed by atoms with Crippen molar-refractivity contribution in [3.05, 3.63) is 51.7 Å². The number of nitrogens with zero attached hydrogens (tertiary/aromatic N) is 1. The van der Waals surface area contributed by atoms with Gasteiger partial charge in [0.2, 0.25) is 0 Å². The quantitative estimate of drug-likeness (QED) is 0.489. The molecule has 1 heterocycles. The number of guanidine groups is 1. The predicted octanol–water partition coefficient (Wildman–Crippen LogP) is 3.28. The Balaban J connectivity index is 1.96. The smallest absolute Gasteiger partial charge is 0.191 e. The second-order valence-electron chi connectivity index (χ2n) is 6.27. The number of nitrogens with one attached hydrogen (secondary N) is 2. The number of aliphatic imine (C=N–C) groups is 1. The van der Waals surface area contributed by atoms with Crippen molar-refractivity contribution in [3.8, 4) is 5.75 Å². The zero-order chi connectivity index (χ0) is 18.9. The lowest BCUT2D eigenvalue weighted by molar-refractivity contribution is 0.186. The molecule has 2 unspecified atom stereocenters. The van der Waals surface area contributed by atoms with E-state index in [1.54, 1.807) is 7.11 Å². The van der Waals surface area contributed by atoms with Gasteiger partial charge in [0.25, 0.3) is 0 Å². The summed E-state index contributed by atoms with van der Waals surface area (Å²) in [5.41, 5.74) is 0.797. The lowest BCUT2D eigenvalue weighted by Crippen LogP contribution is -2.43. The number of methoxy groups -OCH3 is 1. The molecule has 2 atom stereocenters. The summed E-state index contributed by atoms with van der Waals surface area (Å²) in [7, 11) is 1.62. The van der Waals surface area contributed by atoms with E-state index in [2.05, 4.69) is 41.6 Å². The first-order valence-electron chi connectivity index (χ1n) is 8.94. The summed E-state index contributed by atoms with van der Waals surface area (Å²) in [6, 6.07) is 12.0. The van der Waals surface area contributed by atoms with E-state index in [-0.39, 0.29) is 12.6 Å². The molecule has 6 heteroatoms. The minimum Gasteiger partial charge on any atom is -0.497 e. The summed E-state index contributed by atoms with van der Waals surface area (Å²) in [5.74, 6) is 1.45. The fraction of sp³-hybridized carbons (Fsp3) is 0.450. The van der Waals surface area contributed by atoms with Crippen LogP contribution in [0.15, 0.2) is 41.4 Å². The Hall–Kier alpha value is -2.05. The van der Waals surface area contributed by atoms with Crippen LogP contribution >= 0.6 is 11.3 Å². The molecular formula is C20H29N3O2S. The summed E-state index contributed by atoms with van der Waals surface area (Å²) in [5, 5.41) is 17.1. The van der Waals surface area contributed by atoms with E-state index >= 15 is 0 Å². The Morgan fingerprint density at radius 3 is 2.77 bits per heavy atom. The average Bonchev–Trinajstić information content (AvgIpc) is 3.04. The molecule has 0 saturated heterocycles. The van der Waals surface area contributed by atoms with Gasteiger partial charge in [-0.1, -0.05) is 12.1 Å². The van der Waals surface area contributed by atoms with Crippen molar-refractivity contribution in [1.29, 1.82) is 0 Å². The number of thiophene rings is 1. The first-order valence-corrected chi connectivity index (χ1v) is 9.75. The number of hydrogen-bond donors (Lipinski definition) is 3. The molecule has 1 aromatic carbocycles. The molecule has 3 N–H and O–H groups in total. The molecule has 0 bridgehead atoms. The molecule has 0 aliphatic rings. The normalized spacial score (nSPS) is 14.0. The van der Waals surface area contributed by atoms with Gasteiger partial charge in [0.15, 0.2) is 5.96 Å². The topological polar surface area (TPSA) is 65.9 Å². The SMILES string of the molecule is CCNC(=NCC(O)c1cccc(OC)c1)NC(C)Cc1ccc(C)s1. The van der Waals surface area contributed by atoms with Crippen molar-refractivity contribution in [2.45, 2.75) is 39.3 Å². The molecule has 26 heavy (non-hydrogen) atoms. The Morgan fingerprint density at radius 1 is 1.31 bits per heavy atom. The Bertz CT molecular complexity index is 715. The van der Waals surface area contributed by atoms with Gasteiger partial charge in [-0.2, -0.15) is 0 Å². The molecular weight excluding hydrogens is 346 g/mol. The Morgan fingerprint density at radius 2 is 2.12 bits per heavy atom. The third-order valence-corrected chi connectivity index (χ3v) is 4.95. The van der Waals surface area contributed by atoms with Crippen molar-refractivity contribution in [2.75, 3.05) is 20.2 Å². The highest BCUT2D eigenvalue weighted by Gasteiger charge is 2.11.